The van der Waals surface area contributed by atoms with E-state index in [1.807, 2.05) is 31.2 Å². The summed E-state index contributed by atoms with van der Waals surface area (Å²) >= 11 is 0. The molecule has 0 saturated carbocycles. The van der Waals surface area contributed by atoms with E-state index in [-0.39, 0.29) is 35.7 Å². The molecule has 2 aliphatic heterocycles. The summed E-state index contributed by atoms with van der Waals surface area (Å²) in [7, 11) is 0. The number of rotatable bonds is 3. The van der Waals surface area contributed by atoms with Gasteiger partial charge in [-0.05, 0) is 43.9 Å². The second kappa shape index (κ2) is 6.98. The maximum Gasteiger partial charge on any atom is 0.278 e. The highest BCUT2D eigenvalue weighted by atomic mass is 16.2. The summed E-state index contributed by atoms with van der Waals surface area (Å²) < 4.78 is 1.10. The Kier molecular flexibility index (Phi) is 4.51. The fourth-order valence-electron chi connectivity index (χ4n) is 3.87. The highest BCUT2D eigenvalue weighted by Gasteiger charge is 2.32. The first-order valence-corrected chi connectivity index (χ1v) is 9.32. The van der Waals surface area contributed by atoms with Crippen molar-refractivity contribution in [2.45, 2.75) is 38.8 Å². The predicted molar refractivity (Wildman–Crippen MR) is 101 cm³/mol. The fraction of sp³-hybridized carbons (Fsp3) is 0.400. The minimum Gasteiger partial charge on any atom is -0.341 e. The Morgan fingerprint density at radius 1 is 1.11 bits per heavy atom. The summed E-state index contributed by atoms with van der Waals surface area (Å²) in [6, 6.07) is 10.6. The zero-order valence-corrected chi connectivity index (χ0v) is 15.3. The standard InChI is InChI=1S/C20H22N4O3/c1-14-12-15-6-2-3-7-17(15)24(14)20(27)16-8-9-18(25)23(21-16)13-19(26)22-10-4-5-11-22/h2-3,6-9,14H,4-5,10-13H2,1H3/t14-/m0/s1. The molecule has 0 bridgehead atoms. The number of hydrogen-bond donors (Lipinski definition) is 0. The number of likely N-dealkylation sites (tertiary alicyclic amines) is 1. The van der Waals surface area contributed by atoms with E-state index >= 15 is 0 Å². The average Bonchev–Trinajstić information content (AvgIpc) is 3.30. The third-order valence-electron chi connectivity index (χ3n) is 5.26. The number of carbonyl (C=O) groups is 2. The molecule has 7 heteroatoms. The van der Waals surface area contributed by atoms with Gasteiger partial charge in [-0.25, -0.2) is 4.68 Å². The third-order valence-corrected chi connectivity index (χ3v) is 5.26. The van der Waals surface area contributed by atoms with Gasteiger partial charge < -0.3 is 9.80 Å². The molecule has 140 valence electrons. The molecule has 0 radical (unpaired) electrons. The maximum absolute atomic E-state index is 13.1. The number of anilines is 1. The third kappa shape index (κ3) is 3.25. The summed E-state index contributed by atoms with van der Waals surface area (Å²) in [5.74, 6) is -0.388. The van der Waals surface area contributed by atoms with Gasteiger partial charge in [-0.3, -0.25) is 14.4 Å². The minimum absolute atomic E-state index is 0.0170. The average molecular weight is 366 g/mol. The first kappa shape index (κ1) is 17.5. The first-order valence-electron chi connectivity index (χ1n) is 9.32. The van der Waals surface area contributed by atoms with Crippen LogP contribution in [-0.4, -0.2) is 45.6 Å². The number of fused-ring (bicyclic) bond motifs is 1. The monoisotopic (exact) mass is 366 g/mol. The zero-order chi connectivity index (χ0) is 19.0. The lowest BCUT2D eigenvalue weighted by Crippen LogP contribution is -2.39. The van der Waals surface area contributed by atoms with Gasteiger partial charge in [0.05, 0.1) is 0 Å². The van der Waals surface area contributed by atoms with Crippen LogP contribution in [0.5, 0.6) is 0 Å². The van der Waals surface area contributed by atoms with Crippen molar-refractivity contribution < 1.29 is 9.59 Å². The molecule has 4 rings (SSSR count). The highest BCUT2D eigenvalue weighted by Crippen LogP contribution is 2.32. The van der Waals surface area contributed by atoms with Gasteiger partial charge in [-0.1, -0.05) is 18.2 Å². The van der Waals surface area contributed by atoms with Crippen LogP contribution in [0.3, 0.4) is 0 Å². The van der Waals surface area contributed by atoms with Gasteiger partial charge >= 0.3 is 0 Å². The molecule has 7 nitrogen and oxygen atoms in total. The fourth-order valence-corrected chi connectivity index (χ4v) is 3.87. The summed E-state index contributed by atoms with van der Waals surface area (Å²) in [6.07, 6.45) is 2.76. The molecule has 1 fully saturated rings. The number of benzene rings is 1. The highest BCUT2D eigenvalue weighted by molar-refractivity contribution is 6.06. The maximum atomic E-state index is 13.1. The lowest BCUT2D eigenvalue weighted by atomic mass is 10.1. The molecule has 1 atom stereocenters. The lowest BCUT2D eigenvalue weighted by molar-refractivity contribution is -0.131. The van der Waals surface area contributed by atoms with Crippen LogP contribution >= 0.6 is 0 Å². The molecular weight excluding hydrogens is 344 g/mol. The van der Waals surface area contributed by atoms with Crippen molar-refractivity contribution in [3.05, 3.63) is 58.0 Å². The predicted octanol–water partition coefficient (Wildman–Crippen LogP) is 1.46. The van der Waals surface area contributed by atoms with Gasteiger partial charge in [0.15, 0.2) is 0 Å². The topological polar surface area (TPSA) is 75.5 Å². The van der Waals surface area contributed by atoms with Crippen LogP contribution in [0.25, 0.3) is 0 Å². The van der Waals surface area contributed by atoms with Crippen LogP contribution in [0, 0.1) is 0 Å². The molecule has 2 aromatic rings. The Balaban J connectivity index is 1.60. The van der Waals surface area contributed by atoms with Crippen LogP contribution in [0.1, 0.15) is 35.8 Å². The van der Waals surface area contributed by atoms with Crippen molar-refractivity contribution in [1.82, 2.24) is 14.7 Å². The van der Waals surface area contributed by atoms with Crippen LogP contribution in [0.15, 0.2) is 41.2 Å². The van der Waals surface area contributed by atoms with Crippen molar-refractivity contribution in [2.75, 3.05) is 18.0 Å². The molecule has 0 unspecified atom stereocenters. The van der Waals surface area contributed by atoms with Gasteiger partial charge in [-0.2, -0.15) is 5.10 Å². The number of carbonyl (C=O) groups excluding carboxylic acids is 2. The van der Waals surface area contributed by atoms with Gasteiger partial charge in [0.2, 0.25) is 5.91 Å². The quantitative estimate of drug-likeness (QED) is 0.824. The molecule has 0 aliphatic carbocycles. The Morgan fingerprint density at radius 3 is 2.63 bits per heavy atom. The largest absolute Gasteiger partial charge is 0.341 e. The van der Waals surface area contributed by atoms with Gasteiger partial charge in [0.1, 0.15) is 12.2 Å². The van der Waals surface area contributed by atoms with E-state index in [2.05, 4.69) is 5.10 Å². The Morgan fingerprint density at radius 2 is 1.85 bits per heavy atom. The van der Waals surface area contributed by atoms with E-state index in [0.717, 1.165) is 35.2 Å². The Bertz CT molecular complexity index is 946. The smallest absolute Gasteiger partial charge is 0.278 e. The lowest BCUT2D eigenvalue weighted by Gasteiger charge is -2.22. The molecule has 3 heterocycles. The van der Waals surface area contributed by atoms with Crippen molar-refractivity contribution in [3.63, 3.8) is 0 Å². The van der Waals surface area contributed by atoms with E-state index in [1.165, 1.54) is 12.1 Å². The summed E-state index contributed by atoms with van der Waals surface area (Å²) in [5.41, 5.74) is 1.79. The van der Waals surface area contributed by atoms with Crippen molar-refractivity contribution in [3.8, 4) is 0 Å². The molecular formula is C20H22N4O3. The van der Waals surface area contributed by atoms with E-state index in [0.29, 0.717) is 13.1 Å². The van der Waals surface area contributed by atoms with Gasteiger partial charge in [0.25, 0.3) is 11.5 Å². The van der Waals surface area contributed by atoms with E-state index in [4.69, 9.17) is 0 Å². The number of aromatic nitrogens is 2. The zero-order valence-electron chi connectivity index (χ0n) is 15.3. The Labute approximate surface area is 157 Å². The van der Waals surface area contributed by atoms with Crippen molar-refractivity contribution in [1.29, 1.82) is 0 Å². The molecule has 1 aromatic heterocycles. The van der Waals surface area contributed by atoms with E-state index in [9.17, 15) is 14.4 Å². The minimum atomic E-state index is -0.381. The van der Waals surface area contributed by atoms with Crippen molar-refractivity contribution in [2.24, 2.45) is 0 Å². The molecule has 1 saturated heterocycles. The van der Waals surface area contributed by atoms with Crippen LogP contribution < -0.4 is 10.5 Å². The van der Waals surface area contributed by atoms with Crippen LogP contribution in [0.2, 0.25) is 0 Å². The van der Waals surface area contributed by atoms with E-state index in [1.54, 1.807) is 9.80 Å². The number of para-hydroxylation sites is 1. The molecule has 1 aromatic carbocycles. The van der Waals surface area contributed by atoms with Crippen molar-refractivity contribution >= 4 is 17.5 Å². The second-order valence-electron chi connectivity index (χ2n) is 7.16. The summed E-state index contributed by atoms with van der Waals surface area (Å²) in [6.45, 7) is 3.29. The number of amides is 2. The molecule has 2 amide bonds. The van der Waals surface area contributed by atoms with Gasteiger partial charge in [-0.15, -0.1) is 0 Å². The van der Waals surface area contributed by atoms with Gasteiger partial charge in [0, 0.05) is 30.9 Å². The molecule has 27 heavy (non-hydrogen) atoms. The molecule has 2 aliphatic rings. The van der Waals surface area contributed by atoms with E-state index < -0.39 is 0 Å². The number of nitrogens with zero attached hydrogens (tertiary/aromatic N) is 4. The van der Waals surface area contributed by atoms with Crippen LogP contribution in [0.4, 0.5) is 5.69 Å². The molecule has 0 spiro atoms. The molecule has 0 N–H and O–H groups in total. The summed E-state index contributed by atoms with van der Waals surface area (Å²) in [4.78, 5) is 41.0. The first-order chi connectivity index (χ1) is 13.0. The van der Waals surface area contributed by atoms with Crippen LogP contribution in [-0.2, 0) is 17.8 Å². The number of hydrogen-bond acceptors (Lipinski definition) is 4. The SMILES string of the molecule is C[C@H]1Cc2ccccc2N1C(=O)c1ccc(=O)n(CC(=O)N2CCCC2)n1. The summed E-state index contributed by atoms with van der Waals surface area (Å²) in [5, 5.41) is 4.20. The second-order valence-corrected chi connectivity index (χ2v) is 7.16. The normalized spacial score (nSPS) is 18.6. The Hall–Kier alpha value is -2.96.